The smallest absolute Gasteiger partial charge is 0.411 e. The normalized spacial score (nSPS) is 26.4. The summed E-state index contributed by atoms with van der Waals surface area (Å²) in [6.45, 7) is 6.84. The second kappa shape index (κ2) is 18.7. The van der Waals surface area contributed by atoms with Gasteiger partial charge < -0.3 is 29.5 Å². The second-order valence-corrected chi connectivity index (χ2v) is 21.6. The lowest BCUT2D eigenvalue weighted by Gasteiger charge is -2.45. The number of methoxy groups -OCH3 is 1. The highest BCUT2D eigenvalue weighted by atomic mass is 32.2. The molecule has 2 saturated carbocycles. The van der Waals surface area contributed by atoms with Crippen LogP contribution < -0.4 is 24.2 Å². The van der Waals surface area contributed by atoms with Crippen molar-refractivity contribution in [1.82, 2.24) is 24.8 Å². The standard InChI is InChI=1S/C48H59F4N5O10S/c1-27(2)66-32-14-12-30(13-15-32)36-23-39(35-17-16-33(65-7)21-37(35)53-36)67-34-22-38-41(58)54-47(43(60)55-68(63,64)46(26-49)18-19-46)24-31(47)11-9-8-10-28(3)20-29(4)40(42(59)56(38)25-34)57(44(61)62)45(5,6)48(50,51)52/h9,11-17,21,23,27-29,31,34,38,40H,8,10,18-20,22,24-26H2,1-7H3,(H,54,58)(H,55,60)(H,61,62)/t28-,29-,31-,34-,38+,40+,47-/m1/s1. The molecule has 4 aliphatic rings. The van der Waals surface area contributed by atoms with Crippen LogP contribution in [0.2, 0.25) is 0 Å². The van der Waals surface area contributed by atoms with E-state index in [4.69, 9.17) is 19.2 Å². The van der Waals surface area contributed by atoms with E-state index in [1.54, 1.807) is 48.6 Å². The Morgan fingerprint density at radius 3 is 2.32 bits per heavy atom. The Bertz CT molecular complexity index is 2570. The van der Waals surface area contributed by atoms with Crippen LogP contribution in [0.25, 0.3) is 22.2 Å². The molecule has 3 N–H and O–H groups in total. The number of carbonyl (C=O) groups excluding carboxylic acids is 3. The highest BCUT2D eigenvalue weighted by Gasteiger charge is 2.64. The van der Waals surface area contributed by atoms with Crippen LogP contribution in [0, 0.1) is 17.8 Å². The van der Waals surface area contributed by atoms with Crippen molar-refractivity contribution in [3.8, 4) is 28.5 Å². The number of sulfonamides is 1. The van der Waals surface area contributed by atoms with E-state index in [1.165, 1.54) is 14.0 Å². The number of carbonyl (C=O) groups is 4. The van der Waals surface area contributed by atoms with Gasteiger partial charge in [-0.15, -0.1) is 0 Å². The molecular formula is C48H59F4N5O10S. The minimum Gasteiger partial charge on any atom is -0.497 e. The first-order chi connectivity index (χ1) is 31.9. The van der Waals surface area contributed by atoms with E-state index in [-0.39, 0.29) is 54.8 Å². The first kappa shape index (κ1) is 50.2. The first-order valence-corrected chi connectivity index (χ1v) is 24.3. The van der Waals surface area contributed by atoms with E-state index in [9.17, 15) is 45.5 Å². The summed E-state index contributed by atoms with van der Waals surface area (Å²) < 4.78 is 104. The van der Waals surface area contributed by atoms with Gasteiger partial charge in [-0.2, -0.15) is 13.2 Å². The SMILES string of the molecule is COc1ccc2c(O[C@@H]3C[C@H]4C(=O)N[C@]5(C(=O)NS(=O)(=O)C6(CF)CC6)C[C@H]5C=CCC[C@@H](C)C[C@@H](C)[C@H](N(C(=O)O)C(C)(C)C(F)(F)F)C(=O)N4C3)cc(-c3ccc(OC(C)C)cc3)nc2c1. The van der Waals surface area contributed by atoms with Crippen LogP contribution >= 0.6 is 0 Å². The number of allylic oxidation sites excluding steroid dienone is 1. The van der Waals surface area contributed by atoms with Crippen molar-refractivity contribution in [1.29, 1.82) is 0 Å². The molecule has 7 rings (SSSR count). The number of benzene rings is 2. The monoisotopic (exact) mass is 973 g/mol. The molecule has 3 aromatic rings. The zero-order chi connectivity index (χ0) is 49.7. The Hall–Kier alpha value is -5.66. The molecule has 1 saturated heterocycles. The van der Waals surface area contributed by atoms with Crippen LogP contribution in [-0.4, -0.2) is 119 Å². The first-order valence-electron chi connectivity index (χ1n) is 22.8. The van der Waals surface area contributed by atoms with Crippen molar-refractivity contribution in [2.45, 2.75) is 133 Å². The summed E-state index contributed by atoms with van der Waals surface area (Å²) in [7, 11) is -3.04. The minimum atomic E-state index is -5.14. The maximum absolute atomic E-state index is 15.3. The van der Waals surface area contributed by atoms with Gasteiger partial charge >= 0.3 is 12.3 Å². The van der Waals surface area contributed by atoms with Gasteiger partial charge in [0, 0.05) is 35.4 Å². The molecule has 370 valence electrons. The van der Waals surface area contributed by atoms with Crippen molar-refractivity contribution in [2.75, 3.05) is 20.3 Å². The fraction of sp³-hybridized carbons (Fsp3) is 0.562. The molecule has 3 fully saturated rings. The number of nitrogens with one attached hydrogen (secondary N) is 2. The quantitative estimate of drug-likeness (QED) is 0.120. The molecule has 4 amide bonds. The van der Waals surface area contributed by atoms with Gasteiger partial charge in [0.15, 0.2) is 0 Å². The van der Waals surface area contributed by atoms with E-state index in [0.29, 0.717) is 60.3 Å². The van der Waals surface area contributed by atoms with Gasteiger partial charge in [0.25, 0.3) is 5.91 Å². The lowest BCUT2D eigenvalue weighted by Crippen LogP contribution is -2.66. The van der Waals surface area contributed by atoms with Crippen molar-refractivity contribution >= 4 is 44.7 Å². The number of halogens is 4. The molecule has 2 aromatic carbocycles. The molecule has 68 heavy (non-hydrogen) atoms. The second-order valence-electron chi connectivity index (χ2n) is 19.6. The van der Waals surface area contributed by atoms with Gasteiger partial charge in [-0.3, -0.25) is 24.0 Å². The predicted octanol–water partition coefficient (Wildman–Crippen LogP) is 7.57. The Labute approximate surface area is 393 Å². The van der Waals surface area contributed by atoms with E-state index in [1.807, 2.05) is 37.6 Å². The maximum Gasteiger partial charge on any atom is 0.411 e. The number of hydrogen-bond acceptors (Lipinski definition) is 10. The summed E-state index contributed by atoms with van der Waals surface area (Å²) in [5.74, 6) is -3.75. The molecular weight excluding hydrogens is 915 g/mol. The van der Waals surface area contributed by atoms with Crippen LogP contribution in [0.3, 0.4) is 0 Å². The minimum absolute atomic E-state index is 0.00699. The number of alkyl halides is 4. The Morgan fingerprint density at radius 1 is 1.04 bits per heavy atom. The molecule has 3 heterocycles. The molecule has 0 radical (unpaired) electrons. The van der Waals surface area contributed by atoms with Crippen LogP contribution in [0.1, 0.15) is 86.5 Å². The zero-order valence-corrected chi connectivity index (χ0v) is 39.9. The predicted molar refractivity (Wildman–Crippen MR) is 243 cm³/mol. The Kier molecular flexibility index (Phi) is 13.8. The highest BCUT2D eigenvalue weighted by molar-refractivity contribution is 7.91. The van der Waals surface area contributed by atoms with Gasteiger partial charge in [0.05, 0.1) is 31.0 Å². The molecule has 20 heteroatoms. The zero-order valence-electron chi connectivity index (χ0n) is 39.1. The molecule has 2 aliphatic carbocycles. The molecule has 7 atom stereocenters. The average molecular weight is 974 g/mol. The van der Waals surface area contributed by atoms with E-state index < -0.39 is 99.1 Å². The third kappa shape index (κ3) is 9.79. The van der Waals surface area contributed by atoms with Crippen LogP contribution in [0.15, 0.2) is 60.7 Å². The molecule has 1 aromatic heterocycles. The molecule has 15 nitrogen and oxygen atoms in total. The molecule has 0 bridgehead atoms. The number of rotatable bonds is 12. The van der Waals surface area contributed by atoms with Crippen molar-refractivity contribution in [2.24, 2.45) is 17.8 Å². The van der Waals surface area contributed by atoms with Crippen molar-refractivity contribution in [3.63, 3.8) is 0 Å². The maximum atomic E-state index is 15.3. The van der Waals surface area contributed by atoms with Crippen LogP contribution in [0.4, 0.5) is 22.4 Å². The van der Waals surface area contributed by atoms with Gasteiger partial charge in [-0.25, -0.2) is 22.6 Å². The van der Waals surface area contributed by atoms with Crippen LogP contribution in [-0.2, 0) is 24.4 Å². The fourth-order valence-corrected chi connectivity index (χ4v) is 10.9. The highest BCUT2D eigenvalue weighted by Crippen LogP contribution is 2.48. The van der Waals surface area contributed by atoms with Crippen LogP contribution in [0.5, 0.6) is 17.2 Å². The number of nitrogens with zero attached hydrogens (tertiary/aromatic N) is 3. The summed E-state index contributed by atoms with van der Waals surface area (Å²) in [6.07, 6.45) is -4.22. The van der Waals surface area contributed by atoms with Crippen molar-refractivity contribution in [3.05, 3.63) is 60.7 Å². The third-order valence-corrected chi connectivity index (χ3v) is 15.9. The number of fused-ring (bicyclic) bond motifs is 3. The number of amides is 4. The number of hydrogen-bond donors (Lipinski definition) is 3. The van der Waals surface area contributed by atoms with Gasteiger partial charge in [-0.1, -0.05) is 26.0 Å². The summed E-state index contributed by atoms with van der Waals surface area (Å²) in [4.78, 5) is 63.3. The lowest BCUT2D eigenvalue weighted by atomic mass is 9.85. The Morgan fingerprint density at radius 2 is 1.72 bits per heavy atom. The molecule has 0 unspecified atom stereocenters. The average Bonchev–Trinajstić information content (AvgIpc) is 4.17. The fourth-order valence-electron chi connectivity index (χ4n) is 9.44. The number of ether oxygens (including phenoxy) is 3. The van der Waals surface area contributed by atoms with Gasteiger partial charge in [0.1, 0.15) is 57.9 Å². The van der Waals surface area contributed by atoms with Gasteiger partial charge in [0.2, 0.25) is 21.8 Å². The van der Waals surface area contributed by atoms with E-state index in [0.717, 1.165) is 4.90 Å². The largest absolute Gasteiger partial charge is 0.497 e. The third-order valence-electron chi connectivity index (χ3n) is 13.8. The summed E-state index contributed by atoms with van der Waals surface area (Å²) in [5.41, 5.74) is -3.36. The molecule has 2 aliphatic heterocycles. The summed E-state index contributed by atoms with van der Waals surface area (Å²) in [5, 5.41) is 13.8. The lowest BCUT2D eigenvalue weighted by molar-refractivity contribution is -0.222. The van der Waals surface area contributed by atoms with Gasteiger partial charge in [-0.05, 0) is 114 Å². The summed E-state index contributed by atoms with van der Waals surface area (Å²) in [6, 6.07) is 10.4. The number of aromatic nitrogens is 1. The summed E-state index contributed by atoms with van der Waals surface area (Å²) >= 11 is 0. The topological polar surface area (TPSA) is 194 Å². The Balaban J connectivity index is 1.31. The number of carboxylic acid groups (broad SMARTS) is 1. The molecule has 0 spiro atoms. The van der Waals surface area contributed by atoms with E-state index >= 15 is 4.79 Å². The van der Waals surface area contributed by atoms with Crippen molar-refractivity contribution < 1.29 is 64.5 Å². The van der Waals surface area contributed by atoms with E-state index in [2.05, 4.69) is 5.32 Å². The number of pyridine rings is 1.